The van der Waals surface area contributed by atoms with Crippen molar-refractivity contribution in [1.82, 2.24) is 4.98 Å². The van der Waals surface area contributed by atoms with E-state index >= 15 is 0 Å². The highest BCUT2D eigenvalue weighted by Gasteiger charge is 1.97. The minimum Gasteiger partial charge on any atom is -0.261 e. The van der Waals surface area contributed by atoms with E-state index in [1.54, 1.807) is 0 Å². The second-order valence-electron chi connectivity index (χ2n) is 3.07. The van der Waals surface area contributed by atoms with E-state index in [-0.39, 0.29) is 0 Å². The topological polar surface area (TPSA) is 12.9 Å². The summed E-state index contributed by atoms with van der Waals surface area (Å²) in [6, 6.07) is 8.39. The summed E-state index contributed by atoms with van der Waals surface area (Å²) >= 11 is 0. The molecule has 0 unspecified atom stereocenters. The third-order valence-corrected chi connectivity index (χ3v) is 2.22. The molecule has 1 nitrogen and oxygen atoms in total. The predicted octanol–water partition coefficient (Wildman–Crippen LogP) is 3.88. The van der Waals surface area contributed by atoms with Crippen molar-refractivity contribution in [3.63, 3.8) is 0 Å². The lowest BCUT2D eigenvalue weighted by Crippen LogP contribution is -1.84. The lowest BCUT2D eigenvalue weighted by Gasteiger charge is -2.02. The van der Waals surface area contributed by atoms with Gasteiger partial charge in [0.1, 0.15) is 0 Å². The number of benzene rings is 1. The zero-order valence-corrected chi connectivity index (χ0v) is 9.33. The van der Waals surface area contributed by atoms with Crippen LogP contribution in [0.5, 0.6) is 0 Å². The molecule has 0 fully saturated rings. The van der Waals surface area contributed by atoms with Crippen molar-refractivity contribution in [3.05, 3.63) is 41.7 Å². The van der Waals surface area contributed by atoms with Gasteiger partial charge in [-0.1, -0.05) is 32.0 Å². The number of nitrogens with zero attached hydrogens (tertiary/aromatic N) is 1. The normalized spacial score (nSPS) is 9.43. The van der Waals surface area contributed by atoms with Crippen LogP contribution in [0.1, 0.15) is 25.1 Å². The van der Waals surface area contributed by atoms with Crippen molar-refractivity contribution < 1.29 is 0 Å². The first-order valence-electron chi connectivity index (χ1n) is 5.10. The molecule has 1 heteroatoms. The van der Waals surface area contributed by atoms with Gasteiger partial charge in [-0.3, -0.25) is 4.98 Å². The fourth-order valence-corrected chi connectivity index (χ4v) is 1.51. The molecular weight excluding hydrogens is 170 g/mol. The molecule has 0 atom stereocenters. The Labute approximate surface area is 85.8 Å². The summed E-state index contributed by atoms with van der Waals surface area (Å²) in [6.07, 6.45) is 1.87. The van der Waals surface area contributed by atoms with Gasteiger partial charge in [0.15, 0.2) is 0 Å². The van der Waals surface area contributed by atoms with Crippen LogP contribution in [0.15, 0.2) is 30.5 Å². The first kappa shape index (κ1) is 10.7. The number of aryl methyl sites for hydroxylation is 2. The monoisotopic (exact) mass is 187 g/mol. The van der Waals surface area contributed by atoms with Crippen molar-refractivity contribution in [3.8, 4) is 0 Å². The summed E-state index contributed by atoms with van der Waals surface area (Å²) in [5.74, 6) is 0. The maximum absolute atomic E-state index is 4.25. The highest BCUT2D eigenvalue weighted by Crippen LogP contribution is 2.18. The van der Waals surface area contributed by atoms with E-state index in [9.17, 15) is 0 Å². The number of hydrogen-bond acceptors (Lipinski definition) is 1. The van der Waals surface area contributed by atoms with Crippen LogP contribution in [-0.4, -0.2) is 4.98 Å². The maximum atomic E-state index is 4.25. The average molecular weight is 187 g/mol. The minimum absolute atomic E-state index is 1.11. The van der Waals surface area contributed by atoms with E-state index in [2.05, 4.69) is 36.2 Å². The Kier molecular flexibility index (Phi) is 3.63. The molecule has 2 aromatic rings. The lowest BCUT2D eigenvalue weighted by molar-refractivity contribution is 1.23. The first-order chi connectivity index (χ1) is 6.79. The zero-order chi connectivity index (χ0) is 10.6. The molecule has 1 aromatic heterocycles. The van der Waals surface area contributed by atoms with Crippen molar-refractivity contribution in [2.24, 2.45) is 0 Å². The van der Waals surface area contributed by atoms with E-state index in [1.165, 1.54) is 16.3 Å². The molecule has 2 rings (SSSR count). The predicted molar refractivity (Wildman–Crippen MR) is 62.6 cm³/mol. The number of aromatic nitrogens is 1. The van der Waals surface area contributed by atoms with Crippen molar-refractivity contribution in [2.45, 2.75) is 27.7 Å². The number of rotatable bonds is 0. The SMILES string of the molecule is CC.Cc1cccc2c(C)nccc12. The summed E-state index contributed by atoms with van der Waals surface area (Å²) in [7, 11) is 0. The van der Waals surface area contributed by atoms with Crippen LogP contribution in [0.25, 0.3) is 10.8 Å². The van der Waals surface area contributed by atoms with Gasteiger partial charge in [-0.05, 0) is 30.9 Å². The van der Waals surface area contributed by atoms with Gasteiger partial charge in [-0.25, -0.2) is 0 Å². The molecule has 0 spiro atoms. The Morgan fingerprint density at radius 2 is 1.64 bits per heavy atom. The molecule has 0 aliphatic rings. The standard InChI is InChI=1S/C11H11N.C2H6/c1-8-4-3-5-11-9(2)12-7-6-10(8)11;1-2/h3-7H,1-2H3;1-2H3. The zero-order valence-electron chi connectivity index (χ0n) is 9.33. The quantitative estimate of drug-likeness (QED) is 0.610. The molecule has 0 amide bonds. The van der Waals surface area contributed by atoms with Gasteiger partial charge in [0.2, 0.25) is 0 Å². The molecule has 1 heterocycles. The van der Waals surface area contributed by atoms with Crippen molar-refractivity contribution in [2.75, 3.05) is 0 Å². The molecule has 0 N–H and O–H groups in total. The second-order valence-corrected chi connectivity index (χ2v) is 3.07. The molecule has 74 valence electrons. The molecule has 0 saturated heterocycles. The summed E-state index contributed by atoms with van der Waals surface area (Å²) in [5.41, 5.74) is 2.43. The summed E-state index contributed by atoms with van der Waals surface area (Å²) in [4.78, 5) is 4.25. The van der Waals surface area contributed by atoms with Crippen LogP contribution in [0.3, 0.4) is 0 Å². The van der Waals surface area contributed by atoms with Gasteiger partial charge >= 0.3 is 0 Å². The molecule has 0 saturated carbocycles. The Balaban J connectivity index is 0.000000461. The Morgan fingerprint density at radius 1 is 0.929 bits per heavy atom. The van der Waals surface area contributed by atoms with E-state index in [0.29, 0.717) is 0 Å². The summed E-state index contributed by atoms with van der Waals surface area (Å²) in [6.45, 7) is 8.17. The maximum Gasteiger partial charge on any atom is 0.0451 e. The molecule has 1 aromatic carbocycles. The van der Waals surface area contributed by atoms with Gasteiger partial charge in [-0.15, -0.1) is 0 Å². The van der Waals surface area contributed by atoms with Crippen LogP contribution in [-0.2, 0) is 0 Å². The van der Waals surface area contributed by atoms with Gasteiger partial charge in [0.25, 0.3) is 0 Å². The van der Waals surface area contributed by atoms with Gasteiger partial charge in [0, 0.05) is 17.3 Å². The third-order valence-electron chi connectivity index (χ3n) is 2.22. The molecule has 0 aliphatic heterocycles. The third kappa shape index (κ3) is 1.92. The summed E-state index contributed by atoms with van der Waals surface area (Å²) < 4.78 is 0. The molecular formula is C13H17N. The fraction of sp³-hybridized carbons (Fsp3) is 0.308. The summed E-state index contributed by atoms with van der Waals surface area (Å²) in [5, 5.41) is 2.57. The Morgan fingerprint density at radius 3 is 2.29 bits per heavy atom. The highest BCUT2D eigenvalue weighted by atomic mass is 14.7. The smallest absolute Gasteiger partial charge is 0.0451 e. The highest BCUT2D eigenvalue weighted by molar-refractivity contribution is 5.86. The van der Waals surface area contributed by atoms with Crippen LogP contribution in [0, 0.1) is 13.8 Å². The van der Waals surface area contributed by atoms with Gasteiger partial charge in [0.05, 0.1) is 0 Å². The number of fused-ring (bicyclic) bond motifs is 1. The average Bonchev–Trinajstić information content (AvgIpc) is 2.23. The van der Waals surface area contributed by atoms with Gasteiger partial charge < -0.3 is 0 Å². The fourth-order valence-electron chi connectivity index (χ4n) is 1.51. The number of hydrogen-bond donors (Lipinski definition) is 0. The Hall–Kier alpha value is -1.37. The van der Waals surface area contributed by atoms with Crippen LogP contribution in [0.4, 0.5) is 0 Å². The largest absolute Gasteiger partial charge is 0.261 e. The first-order valence-corrected chi connectivity index (χ1v) is 5.10. The minimum atomic E-state index is 1.11. The lowest BCUT2D eigenvalue weighted by atomic mass is 10.1. The van der Waals surface area contributed by atoms with Gasteiger partial charge in [-0.2, -0.15) is 0 Å². The Bertz CT molecular complexity index is 377. The van der Waals surface area contributed by atoms with E-state index < -0.39 is 0 Å². The van der Waals surface area contributed by atoms with Crippen molar-refractivity contribution in [1.29, 1.82) is 0 Å². The van der Waals surface area contributed by atoms with Crippen LogP contribution in [0.2, 0.25) is 0 Å². The molecule has 0 bridgehead atoms. The number of pyridine rings is 1. The molecule has 0 aliphatic carbocycles. The van der Waals surface area contributed by atoms with Crippen LogP contribution >= 0.6 is 0 Å². The van der Waals surface area contributed by atoms with Crippen LogP contribution < -0.4 is 0 Å². The molecule has 14 heavy (non-hydrogen) atoms. The van der Waals surface area contributed by atoms with Crippen molar-refractivity contribution >= 4 is 10.8 Å². The second kappa shape index (κ2) is 4.75. The van der Waals surface area contributed by atoms with E-state index in [4.69, 9.17) is 0 Å². The van der Waals surface area contributed by atoms with E-state index in [1.807, 2.05) is 27.0 Å². The molecule has 0 radical (unpaired) electrons. The van der Waals surface area contributed by atoms with E-state index in [0.717, 1.165) is 5.69 Å².